The Kier molecular flexibility index (Phi) is 3.83. The van der Waals surface area contributed by atoms with Gasteiger partial charge in [-0.1, -0.05) is 30.3 Å². The first-order chi connectivity index (χ1) is 7.75. The van der Waals surface area contributed by atoms with Crippen molar-refractivity contribution in [3.05, 3.63) is 63.7 Å². The van der Waals surface area contributed by atoms with Gasteiger partial charge < -0.3 is 4.74 Å². The first kappa shape index (κ1) is 11.5. The smallest absolute Gasteiger partial charge is 0.121 e. The van der Waals surface area contributed by atoms with Crippen molar-refractivity contribution in [1.29, 1.82) is 0 Å². The lowest BCUT2D eigenvalue weighted by Gasteiger charge is -2.14. The molecule has 0 N–H and O–H groups in total. The average molecular weight is 324 g/mol. The Hall–Kier alpha value is -1.03. The number of ether oxygens (including phenoxy) is 1. The van der Waals surface area contributed by atoms with Gasteiger partial charge in [-0.25, -0.2) is 0 Å². The van der Waals surface area contributed by atoms with Gasteiger partial charge >= 0.3 is 0 Å². The highest BCUT2D eigenvalue weighted by molar-refractivity contribution is 14.1. The number of hydrogen-bond donors (Lipinski definition) is 0. The second kappa shape index (κ2) is 5.34. The summed E-state index contributed by atoms with van der Waals surface area (Å²) in [5, 5.41) is 0. The lowest BCUT2D eigenvalue weighted by molar-refractivity contribution is 0.227. The molecule has 1 unspecified atom stereocenters. The van der Waals surface area contributed by atoms with Crippen LogP contribution < -0.4 is 4.74 Å². The van der Waals surface area contributed by atoms with Gasteiger partial charge in [0.1, 0.15) is 11.9 Å². The lowest BCUT2D eigenvalue weighted by atomic mass is 10.1. The van der Waals surface area contributed by atoms with Crippen molar-refractivity contribution < 1.29 is 4.74 Å². The second-order valence-corrected chi connectivity index (χ2v) is 4.87. The SMILES string of the molecule is CC(Oc1ccc(I)cc1)c1ccccc1. The van der Waals surface area contributed by atoms with E-state index in [-0.39, 0.29) is 6.10 Å². The molecule has 0 spiro atoms. The fraction of sp³-hybridized carbons (Fsp3) is 0.143. The highest BCUT2D eigenvalue weighted by Gasteiger charge is 2.05. The molecule has 1 atom stereocenters. The monoisotopic (exact) mass is 324 g/mol. The highest BCUT2D eigenvalue weighted by Crippen LogP contribution is 2.21. The van der Waals surface area contributed by atoms with Gasteiger partial charge in [-0.15, -0.1) is 0 Å². The molecule has 0 aliphatic rings. The van der Waals surface area contributed by atoms with Gasteiger partial charge in [-0.2, -0.15) is 0 Å². The zero-order chi connectivity index (χ0) is 11.4. The Bertz CT molecular complexity index is 436. The van der Waals surface area contributed by atoms with Crippen LogP contribution in [0, 0.1) is 3.57 Å². The second-order valence-electron chi connectivity index (χ2n) is 3.62. The normalized spacial score (nSPS) is 12.1. The quantitative estimate of drug-likeness (QED) is 0.759. The Labute approximate surface area is 110 Å². The third-order valence-electron chi connectivity index (χ3n) is 2.40. The summed E-state index contributed by atoms with van der Waals surface area (Å²) in [5.41, 5.74) is 1.20. The average Bonchev–Trinajstić information content (AvgIpc) is 2.33. The summed E-state index contributed by atoms with van der Waals surface area (Å²) < 4.78 is 7.07. The molecule has 0 heterocycles. The molecule has 2 aromatic carbocycles. The summed E-state index contributed by atoms with van der Waals surface area (Å²) in [5.74, 6) is 0.914. The van der Waals surface area contributed by atoms with E-state index < -0.39 is 0 Å². The summed E-state index contributed by atoms with van der Waals surface area (Å²) in [7, 11) is 0. The minimum Gasteiger partial charge on any atom is -0.486 e. The molecular formula is C14H13IO. The molecule has 0 saturated heterocycles. The molecule has 16 heavy (non-hydrogen) atoms. The van der Waals surface area contributed by atoms with Gasteiger partial charge in [0.05, 0.1) is 0 Å². The van der Waals surface area contributed by atoms with Crippen molar-refractivity contribution in [3.63, 3.8) is 0 Å². The minimum absolute atomic E-state index is 0.0845. The van der Waals surface area contributed by atoms with Crippen LogP contribution >= 0.6 is 22.6 Å². The van der Waals surface area contributed by atoms with Crippen LogP contribution in [-0.2, 0) is 0 Å². The molecule has 2 heteroatoms. The van der Waals surface area contributed by atoms with E-state index in [0.29, 0.717) is 0 Å². The van der Waals surface area contributed by atoms with Gasteiger partial charge in [0.2, 0.25) is 0 Å². The number of halogens is 1. The Morgan fingerprint density at radius 2 is 1.56 bits per heavy atom. The van der Waals surface area contributed by atoms with Crippen molar-refractivity contribution in [2.45, 2.75) is 13.0 Å². The van der Waals surface area contributed by atoms with Crippen LogP contribution in [0.1, 0.15) is 18.6 Å². The molecule has 1 nitrogen and oxygen atoms in total. The maximum atomic E-state index is 5.85. The molecule has 0 amide bonds. The molecule has 0 aliphatic carbocycles. The topological polar surface area (TPSA) is 9.23 Å². The fourth-order valence-electron chi connectivity index (χ4n) is 1.51. The van der Waals surface area contributed by atoms with Crippen molar-refractivity contribution in [2.75, 3.05) is 0 Å². The van der Waals surface area contributed by atoms with E-state index in [1.807, 2.05) is 42.5 Å². The lowest BCUT2D eigenvalue weighted by Crippen LogP contribution is -2.02. The van der Waals surface area contributed by atoms with E-state index in [4.69, 9.17) is 4.74 Å². The highest BCUT2D eigenvalue weighted by atomic mass is 127. The van der Waals surface area contributed by atoms with Crippen molar-refractivity contribution in [3.8, 4) is 5.75 Å². The minimum atomic E-state index is 0.0845. The molecule has 2 aromatic rings. The summed E-state index contributed by atoms with van der Waals surface area (Å²) in [6, 6.07) is 18.3. The number of rotatable bonds is 3. The molecule has 0 aromatic heterocycles. The molecule has 82 valence electrons. The third kappa shape index (κ3) is 2.98. The predicted octanol–water partition coefficient (Wildman–Crippen LogP) is 4.43. The first-order valence-electron chi connectivity index (χ1n) is 5.23. The summed E-state index contributed by atoms with van der Waals surface area (Å²) in [6.07, 6.45) is 0.0845. The first-order valence-corrected chi connectivity index (χ1v) is 6.31. The summed E-state index contributed by atoms with van der Waals surface area (Å²) in [6.45, 7) is 2.06. The summed E-state index contributed by atoms with van der Waals surface area (Å²) >= 11 is 2.29. The molecule has 0 aliphatic heterocycles. The van der Waals surface area contributed by atoms with Crippen LogP contribution in [0.4, 0.5) is 0 Å². The third-order valence-corrected chi connectivity index (χ3v) is 3.11. The molecule has 0 saturated carbocycles. The van der Waals surface area contributed by atoms with Crippen LogP contribution in [0.15, 0.2) is 54.6 Å². The maximum absolute atomic E-state index is 5.85. The van der Waals surface area contributed by atoms with E-state index >= 15 is 0 Å². The van der Waals surface area contributed by atoms with E-state index in [2.05, 4.69) is 41.6 Å². The van der Waals surface area contributed by atoms with Crippen molar-refractivity contribution in [2.24, 2.45) is 0 Å². The van der Waals surface area contributed by atoms with E-state index in [9.17, 15) is 0 Å². The fourth-order valence-corrected chi connectivity index (χ4v) is 1.87. The van der Waals surface area contributed by atoms with Gasteiger partial charge in [0, 0.05) is 3.57 Å². The standard InChI is InChI=1S/C14H13IO/c1-11(12-5-3-2-4-6-12)16-14-9-7-13(15)8-10-14/h2-11H,1H3. The van der Waals surface area contributed by atoms with Crippen molar-refractivity contribution >= 4 is 22.6 Å². The Balaban J connectivity index is 2.08. The predicted molar refractivity (Wildman–Crippen MR) is 74.6 cm³/mol. The van der Waals surface area contributed by atoms with Crippen molar-refractivity contribution in [1.82, 2.24) is 0 Å². The van der Waals surface area contributed by atoms with E-state index in [1.54, 1.807) is 0 Å². The van der Waals surface area contributed by atoms with Crippen LogP contribution in [-0.4, -0.2) is 0 Å². The van der Waals surface area contributed by atoms with Gasteiger partial charge in [0.25, 0.3) is 0 Å². The van der Waals surface area contributed by atoms with E-state index in [0.717, 1.165) is 5.75 Å². The number of hydrogen-bond acceptors (Lipinski definition) is 1. The van der Waals surface area contributed by atoms with Crippen LogP contribution in [0.3, 0.4) is 0 Å². The van der Waals surface area contributed by atoms with Crippen LogP contribution in [0.25, 0.3) is 0 Å². The molecule has 0 fully saturated rings. The summed E-state index contributed by atoms with van der Waals surface area (Å²) in [4.78, 5) is 0. The zero-order valence-electron chi connectivity index (χ0n) is 9.06. The Morgan fingerprint density at radius 3 is 2.19 bits per heavy atom. The molecular weight excluding hydrogens is 311 g/mol. The largest absolute Gasteiger partial charge is 0.486 e. The van der Waals surface area contributed by atoms with Crippen LogP contribution in [0.2, 0.25) is 0 Å². The van der Waals surface area contributed by atoms with E-state index in [1.165, 1.54) is 9.13 Å². The zero-order valence-corrected chi connectivity index (χ0v) is 11.2. The van der Waals surface area contributed by atoms with Crippen LogP contribution in [0.5, 0.6) is 5.75 Å². The van der Waals surface area contributed by atoms with Gasteiger partial charge in [-0.3, -0.25) is 0 Å². The number of benzene rings is 2. The molecule has 2 rings (SSSR count). The molecule has 0 radical (unpaired) electrons. The van der Waals surface area contributed by atoms with Gasteiger partial charge in [-0.05, 0) is 59.3 Å². The maximum Gasteiger partial charge on any atom is 0.121 e. The Morgan fingerprint density at radius 1 is 0.938 bits per heavy atom. The van der Waals surface area contributed by atoms with Gasteiger partial charge in [0.15, 0.2) is 0 Å². The molecule has 0 bridgehead atoms.